The van der Waals surface area contributed by atoms with Crippen LogP contribution in [0.4, 0.5) is 13.2 Å². The lowest BCUT2D eigenvalue weighted by atomic mass is 9.96. The third kappa shape index (κ3) is 5.21. The standard InChI is InChI=1S/C16H21F3N2O2/c1-11(12-3-2-4-13(9-12)16(17,18)19)5-6-21-15(22)14-10-23-8-7-20-14/h2-4,9,11,14,20H,5-8,10H2,1H3,(H,21,22). The number of benzene rings is 1. The first kappa shape index (κ1) is 17.7. The van der Waals surface area contributed by atoms with Crippen molar-refractivity contribution in [3.8, 4) is 0 Å². The maximum absolute atomic E-state index is 12.7. The van der Waals surface area contributed by atoms with Crippen LogP contribution in [-0.4, -0.2) is 38.3 Å². The van der Waals surface area contributed by atoms with Gasteiger partial charge in [0.2, 0.25) is 5.91 Å². The van der Waals surface area contributed by atoms with Crippen LogP contribution in [0.15, 0.2) is 24.3 Å². The van der Waals surface area contributed by atoms with Crippen molar-refractivity contribution >= 4 is 5.91 Å². The SMILES string of the molecule is CC(CCNC(=O)C1COCCN1)c1cccc(C(F)(F)F)c1. The van der Waals surface area contributed by atoms with E-state index >= 15 is 0 Å². The average Bonchev–Trinajstić information content (AvgIpc) is 2.54. The van der Waals surface area contributed by atoms with Gasteiger partial charge < -0.3 is 15.4 Å². The van der Waals surface area contributed by atoms with Crippen molar-refractivity contribution in [2.75, 3.05) is 26.3 Å². The smallest absolute Gasteiger partial charge is 0.378 e. The summed E-state index contributed by atoms with van der Waals surface area (Å²) in [4.78, 5) is 11.9. The van der Waals surface area contributed by atoms with E-state index in [-0.39, 0.29) is 17.9 Å². The molecule has 7 heteroatoms. The summed E-state index contributed by atoms with van der Waals surface area (Å²) in [6.45, 7) is 3.84. The maximum Gasteiger partial charge on any atom is 0.416 e. The minimum absolute atomic E-state index is 0.0758. The molecule has 1 aliphatic heterocycles. The quantitative estimate of drug-likeness (QED) is 0.871. The third-order valence-corrected chi connectivity index (χ3v) is 3.90. The van der Waals surface area contributed by atoms with E-state index in [4.69, 9.17) is 4.74 Å². The van der Waals surface area contributed by atoms with Gasteiger partial charge in [0.15, 0.2) is 0 Å². The van der Waals surface area contributed by atoms with Gasteiger partial charge in [-0.15, -0.1) is 0 Å². The van der Waals surface area contributed by atoms with Crippen LogP contribution in [-0.2, 0) is 15.7 Å². The minimum atomic E-state index is -4.34. The summed E-state index contributed by atoms with van der Waals surface area (Å²) in [7, 11) is 0. The van der Waals surface area contributed by atoms with Gasteiger partial charge in [-0.1, -0.05) is 25.1 Å². The van der Waals surface area contributed by atoms with Crippen molar-refractivity contribution in [2.45, 2.75) is 31.5 Å². The Morgan fingerprint density at radius 2 is 2.26 bits per heavy atom. The van der Waals surface area contributed by atoms with Crippen molar-refractivity contribution in [1.29, 1.82) is 0 Å². The number of ether oxygens (including phenoxy) is 1. The van der Waals surface area contributed by atoms with E-state index < -0.39 is 11.7 Å². The van der Waals surface area contributed by atoms with Crippen LogP contribution in [0.1, 0.15) is 30.4 Å². The number of amides is 1. The summed E-state index contributed by atoms with van der Waals surface area (Å²) in [5, 5.41) is 5.84. The normalized spacial score (nSPS) is 20.1. The maximum atomic E-state index is 12.7. The molecular weight excluding hydrogens is 309 g/mol. The Hall–Kier alpha value is -1.60. The molecule has 23 heavy (non-hydrogen) atoms. The van der Waals surface area contributed by atoms with Gasteiger partial charge in [0, 0.05) is 13.1 Å². The van der Waals surface area contributed by atoms with E-state index in [2.05, 4.69) is 10.6 Å². The summed E-state index contributed by atoms with van der Waals surface area (Å²) in [6, 6.07) is 4.97. The Kier molecular flexibility index (Phi) is 6.01. The van der Waals surface area contributed by atoms with Gasteiger partial charge in [-0.3, -0.25) is 4.79 Å². The van der Waals surface area contributed by atoms with Gasteiger partial charge in [0.1, 0.15) is 6.04 Å². The molecule has 0 aromatic heterocycles. The summed E-state index contributed by atoms with van der Waals surface area (Å²) >= 11 is 0. The van der Waals surface area contributed by atoms with Crippen molar-refractivity contribution in [1.82, 2.24) is 10.6 Å². The average molecular weight is 330 g/mol. The van der Waals surface area contributed by atoms with Crippen LogP contribution in [0, 0.1) is 0 Å². The van der Waals surface area contributed by atoms with E-state index in [1.807, 2.05) is 6.92 Å². The largest absolute Gasteiger partial charge is 0.416 e. The number of hydrogen-bond acceptors (Lipinski definition) is 3. The van der Waals surface area contributed by atoms with E-state index in [9.17, 15) is 18.0 Å². The van der Waals surface area contributed by atoms with Crippen LogP contribution >= 0.6 is 0 Å². The Bertz CT molecular complexity index is 528. The predicted molar refractivity (Wildman–Crippen MR) is 80.1 cm³/mol. The number of carbonyl (C=O) groups excluding carboxylic acids is 1. The number of alkyl halides is 3. The second-order valence-corrected chi connectivity index (χ2v) is 5.69. The molecule has 2 atom stereocenters. The summed E-state index contributed by atoms with van der Waals surface area (Å²) < 4.78 is 43.4. The topological polar surface area (TPSA) is 50.4 Å². The first-order chi connectivity index (χ1) is 10.9. The first-order valence-corrected chi connectivity index (χ1v) is 7.64. The van der Waals surface area contributed by atoms with Crippen molar-refractivity contribution < 1.29 is 22.7 Å². The summed E-state index contributed by atoms with van der Waals surface area (Å²) in [6.07, 6.45) is -3.77. The molecule has 1 aliphatic rings. The monoisotopic (exact) mass is 330 g/mol. The summed E-state index contributed by atoms with van der Waals surface area (Å²) in [5.41, 5.74) is -0.0253. The van der Waals surface area contributed by atoms with Crippen LogP contribution in [0.5, 0.6) is 0 Å². The number of carbonyl (C=O) groups is 1. The molecule has 0 bridgehead atoms. The molecule has 2 rings (SSSR count). The number of morpholine rings is 1. The van der Waals surface area contributed by atoms with Gasteiger partial charge in [0.05, 0.1) is 18.8 Å². The van der Waals surface area contributed by atoms with Gasteiger partial charge in [0.25, 0.3) is 0 Å². The Labute approximate surface area is 133 Å². The molecule has 1 saturated heterocycles. The minimum Gasteiger partial charge on any atom is -0.378 e. The molecular formula is C16H21F3N2O2. The molecule has 0 saturated carbocycles. The zero-order chi connectivity index (χ0) is 16.9. The number of hydrogen-bond donors (Lipinski definition) is 2. The fraction of sp³-hybridized carbons (Fsp3) is 0.562. The molecule has 1 aromatic rings. The summed E-state index contributed by atoms with van der Waals surface area (Å²) in [5.74, 6) is -0.214. The molecule has 2 N–H and O–H groups in total. The molecule has 1 fully saturated rings. The Morgan fingerprint density at radius 3 is 2.91 bits per heavy atom. The molecule has 1 aromatic carbocycles. The van der Waals surface area contributed by atoms with E-state index in [1.54, 1.807) is 6.07 Å². The zero-order valence-corrected chi connectivity index (χ0v) is 13.0. The highest BCUT2D eigenvalue weighted by Crippen LogP contribution is 2.31. The highest BCUT2D eigenvalue weighted by molar-refractivity contribution is 5.81. The number of nitrogens with one attached hydrogen (secondary N) is 2. The predicted octanol–water partition coefficient (Wildman–Crippen LogP) is 2.30. The molecule has 4 nitrogen and oxygen atoms in total. The van der Waals surface area contributed by atoms with Crippen molar-refractivity contribution in [3.05, 3.63) is 35.4 Å². The fourth-order valence-electron chi connectivity index (χ4n) is 2.46. The van der Waals surface area contributed by atoms with Gasteiger partial charge >= 0.3 is 6.18 Å². The zero-order valence-electron chi connectivity index (χ0n) is 13.0. The molecule has 128 valence electrons. The lowest BCUT2D eigenvalue weighted by molar-refractivity contribution is -0.137. The molecule has 1 heterocycles. The second kappa shape index (κ2) is 7.79. The number of rotatable bonds is 5. The molecule has 0 radical (unpaired) electrons. The second-order valence-electron chi connectivity index (χ2n) is 5.69. The fourth-order valence-corrected chi connectivity index (χ4v) is 2.46. The van der Waals surface area contributed by atoms with E-state index in [1.165, 1.54) is 12.1 Å². The molecule has 2 unspecified atom stereocenters. The highest BCUT2D eigenvalue weighted by atomic mass is 19.4. The Balaban J connectivity index is 1.82. The first-order valence-electron chi connectivity index (χ1n) is 7.64. The number of halogens is 3. The van der Waals surface area contributed by atoms with Crippen molar-refractivity contribution in [3.63, 3.8) is 0 Å². The third-order valence-electron chi connectivity index (χ3n) is 3.90. The van der Waals surface area contributed by atoms with Crippen LogP contribution < -0.4 is 10.6 Å². The van der Waals surface area contributed by atoms with Gasteiger partial charge in [-0.25, -0.2) is 0 Å². The van der Waals surface area contributed by atoms with E-state index in [0.29, 0.717) is 38.3 Å². The molecule has 0 spiro atoms. The lowest BCUT2D eigenvalue weighted by Gasteiger charge is -2.23. The van der Waals surface area contributed by atoms with Gasteiger partial charge in [-0.05, 0) is 24.0 Å². The van der Waals surface area contributed by atoms with Gasteiger partial charge in [-0.2, -0.15) is 13.2 Å². The highest BCUT2D eigenvalue weighted by Gasteiger charge is 2.30. The van der Waals surface area contributed by atoms with Crippen molar-refractivity contribution in [2.24, 2.45) is 0 Å². The molecule has 1 amide bonds. The Morgan fingerprint density at radius 1 is 1.48 bits per heavy atom. The van der Waals surface area contributed by atoms with E-state index in [0.717, 1.165) is 6.07 Å². The molecule has 0 aliphatic carbocycles. The van der Waals surface area contributed by atoms with Crippen LogP contribution in [0.2, 0.25) is 0 Å². The van der Waals surface area contributed by atoms with Crippen LogP contribution in [0.3, 0.4) is 0 Å². The lowest BCUT2D eigenvalue weighted by Crippen LogP contribution is -2.51. The van der Waals surface area contributed by atoms with Crippen LogP contribution in [0.25, 0.3) is 0 Å².